The van der Waals surface area contributed by atoms with Gasteiger partial charge in [0.25, 0.3) is 0 Å². The second-order valence-electron chi connectivity index (χ2n) is 5.70. The van der Waals surface area contributed by atoms with Crippen LogP contribution in [0.3, 0.4) is 0 Å². The number of hydrogen-bond acceptors (Lipinski definition) is 3. The fourth-order valence-electron chi connectivity index (χ4n) is 3.14. The SMILES string of the molecule is Cc1ncsc1CNC1CCCC(C2CC2)C1. The van der Waals surface area contributed by atoms with Gasteiger partial charge in [0, 0.05) is 17.5 Å². The highest BCUT2D eigenvalue weighted by Gasteiger charge is 2.34. The Labute approximate surface area is 108 Å². The lowest BCUT2D eigenvalue weighted by molar-refractivity contribution is 0.260. The summed E-state index contributed by atoms with van der Waals surface area (Å²) >= 11 is 1.78. The van der Waals surface area contributed by atoms with Gasteiger partial charge in [0.2, 0.25) is 0 Å². The van der Waals surface area contributed by atoms with Crippen molar-refractivity contribution >= 4 is 11.3 Å². The molecule has 0 amide bonds. The largest absolute Gasteiger partial charge is 0.309 e. The molecule has 2 aliphatic rings. The Hall–Kier alpha value is -0.410. The summed E-state index contributed by atoms with van der Waals surface area (Å²) in [7, 11) is 0. The van der Waals surface area contributed by atoms with E-state index >= 15 is 0 Å². The third-order valence-electron chi connectivity index (χ3n) is 4.40. The number of nitrogens with zero attached hydrogens (tertiary/aromatic N) is 1. The van der Waals surface area contributed by atoms with Crippen molar-refractivity contribution in [3.05, 3.63) is 16.1 Å². The molecule has 2 saturated carbocycles. The zero-order valence-corrected chi connectivity index (χ0v) is 11.4. The molecule has 94 valence electrons. The average molecular weight is 250 g/mol. The highest BCUT2D eigenvalue weighted by atomic mass is 32.1. The van der Waals surface area contributed by atoms with Crippen LogP contribution >= 0.6 is 11.3 Å². The molecule has 1 N–H and O–H groups in total. The molecule has 3 heteroatoms. The molecule has 17 heavy (non-hydrogen) atoms. The monoisotopic (exact) mass is 250 g/mol. The lowest BCUT2D eigenvalue weighted by Crippen LogP contribution is -2.34. The van der Waals surface area contributed by atoms with Gasteiger partial charge in [-0.05, 0) is 44.4 Å². The number of hydrogen-bond donors (Lipinski definition) is 1. The van der Waals surface area contributed by atoms with Gasteiger partial charge < -0.3 is 5.32 Å². The van der Waals surface area contributed by atoms with Crippen molar-refractivity contribution in [1.82, 2.24) is 10.3 Å². The topological polar surface area (TPSA) is 24.9 Å². The normalized spacial score (nSPS) is 29.5. The second kappa shape index (κ2) is 5.07. The van der Waals surface area contributed by atoms with E-state index in [-0.39, 0.29) is 0 Å². The molecular formula is C14H22N2S. The fraction of sp³-hybridized carbons (Fsp3) is 0.786. The molecule has 2 fully saturated rings. The van der Waals surface area contributed by atoms with E-state index in [4.69, 9.17) is 0 Å². The van der Waals surface area contributed by atoms with Crippen LogP contribution in [0.5, 0.6) is 0 Å². The van der Waals surface area contributed by atoms with E-state index in [9.17, 15) is 0 Å². The molecule has 0 spiro atoms. The molecule has 1 aromatic rings. The Bertz CT molecular complexity index is 370. The standard InChI is InChI=1S/C14H22N2S/c1-10-14(17-9-16-10)8-15-13-4-2-3-12(7-13)11-5-6-11/h9,11-13,15H,2-8H2,1H3. The number of rotatable bonds is 4. The predicted molar refractivity (Wildman–Crippen MR) is 72.2 cm³/mol. The Morgan fingerprint density at radius 3 is 2.88 bits per heavy atom. The van der Waals surface area contributed by atoms with Crippen LogP contribution in [0.15, 0.2) is 5.51 Å². The van der Waals surface area contributed by atoms with Crippen LogP contribution in [0.4, 0.5) is 0 Å². The number of thiazole rings is 1. The second-order valence-corrected chi connectivity index (χ2v) is 6.64. The molecule has 0 aliphatic heterocycles. The average Bonchev–Trinajstić information content (AvgIpc) is 3.12. The van der Waals surface area contributed by atoms with Gasteiger partial charge in [0.05, 0.1) is 11.2 Å². The van der Waals surface area contributed by atoms with Crippen molar-refractivity contribution in [2.24, 2.45) is 11.8 Å². The maximum Gasteiger partial charge on any atom is 0.0798 e. The van der Waals surface area contributed by atoms with Crippen molar-refractivity contribution in [2.75, 3.05) is 0 Å². The van der Waals surface area contributed by atoms with E-state index in [0.717, 1.165) is 24.4 Å². The van der Waals surface area contributed by atoms with Crippen molar-refractivity contribution in [3.8, 4) is 0 Å². The van der Waals surface area contributed by atoms with E-state index in [2.05, 4.69) is 17.2 Å². The minimum Gasteiger partial charge on any atom is -0.309 e. The number of aromatic nitrogens is 1. The predicted octanol–water partition coefficient (Wildman–Crippen LogP) is 3.51. The van der Waals surface area contributed by atoms with Gasteiger partial charge in [-0.2, -0.15) is 0 Å². The molecule has 1 heterocycles. The molecule has 0 bridgehead atoms. The Morgan fingerprint density at radius 2 is 2.18 bits per heavy atom. The summed E-state index contributed by atoms with van der Waals surface area (Å²) < 4.78 is 0. The van der Waals surface area contributed by atoms with Crippen LogP contribution in [-0.2, 0) is 6.54 Å². The Balaban J connectivity index is 1.49. The van der Waals surface area contributed by atoms with Gasteiger partial charge in [-0.1, -0.05) is 12.8 Å². The molecule has 2 atom stereocenters. The Kier molecular flexibility index (Phi) is 3.48. The number of aryl methyl sites for hydroxylation is 1. The van der Waals surface area contributed by atoms with E-state index < -0.39 is 0 Å². The lowest BCUT2D eigenvalue weighted by atomic mass is 9.83. The zero-order chi connectivity index (χ0) is 11.7. The van der Waals surface area contributed by atoms with Crippen molar-refractivity contribution < 1.29 is 0 Å². The quantitative estimate of drug-likeness (QED) is 0.884. The van der Waals surface area contributed by atoms with Gasteiger partial charge in [-0.3, -0.25) is 0 Å². The highest BCUT2D eigenvalue weighted by Crippen LogP contribution is 2.43. The highest BCUT2D eigenvalue weighted by molar-refractivity contribution is 7.09. The molecule has 2 nitrogen and oxygen atoms in total. The molecule has 2 unspecified atom stereocenters. The molecule has 1 aromatic heterocycles. The first kappa shape index (κ1) is 11.7. The minimum atomic E-state index is 0.760. The molecule has 3 rings (SSSR count). The van der Waals surface area contributed by atoms with Crippen molar-refractivity contribution in [1.29, 1.82) is 0 Å². The first-order chi connectivity index (χ1) is 8.33. The fourth-order valence-corrected chi connectivity index (χ4v) is 3.87. The van der Waals surface area contributed by atoms with Crippen LogP contribution in [0.1, 0.15) is 49.1 Å². The van der Waals surface area contributed by atoms with Crippen LogP contribution in [0.25, 0.3) is 0 Å². The van der Waals surface area contributed by atoms with Crippen LogP contribution < -0.4 is 5.32 Å². The summed E-state index contributed by atoms with van der Waals surface area (Å²) in [6.45, 7) is 3.14. The van der Waals surface area contributed by atoms with E-state index in [0.29, 0.717) is 0 Å². The van der Waals surface area contributed by atoms with Gasteiger partial charge >= 0.3 is 0 Å². The third-order valence-corrected chi connectivity index (χ3v) is 5.33. The molecule has 0 radical (unpaired) electrons. The van der Waals surface area contributed by atoms with Crippen LogP contribution in [0, 0.1) is 18.8 Å². The first-order valence-corrected chi connectivity index (χ1v) is 7.83. The molecular weight excluding hydrogens is 228 g/mol. The van der Waals surface area contributed by atoms with E-state index in [1.165, 1.54) is 49.1 Å². The third kappa shape index (κ3) is 2.89. The summed E-state index contributed by atoms with van der Waals surface area (Å²) in [5, 5.41) is 3.75. The first-order valence-electron chi connectivity index (χ1n) is 6.95. The van der Waals surface area contributed by atoms with Crippen LogP contribution in [0.2, 0.25) is 0 Å². The summed E-state index contributed by atoms with van der Waals surface area (Å²) in [6, 6.07) is 0.760. The summed E-state index contributed by atoms with van der Waals surface area (Å²) in [5.74, 6) is 2.12. The van der Waals surface area contributed by atoms with Gasteiger partial charge in [-0.25, -0.2) is 4.98 Å². The summed E-state index contributed by atoms with van der Waals surface area (Å²) in [4.78, 5) is 5.73. The molecule has 0 saturated heterocycles. The van der Waals surface area contributed by atoms with E-state index in [1.54, 1.807) is 11.3 Å². The van der Waals surface area contributed by atoms with E-state index in [1.807, 2.05) is 5.51 Å². The summed E-state index contributed by atoms with van der Waals surface area (Å²) in [6.07, 6.45) is 8.73. The zero-order valence-electron chi connectivity index (χ0n) is 10.6. The van der Waals surface area contributed by atoms with Gasteiger partial charge in [0.15, 0.2) is 0 Å². The van der Waals surface area contributed by atoms with Gasteiger partial charge in [0.1, 0.15) is 0 Å². The molecule has 0 aromatic carbocycles. The maximum absolute atomic E-state index is 4.31. The van der Waals surface area contributed by atoms with Crippen molar-refractivity contribution in [3.63, 3.8) is 0 Å². The van der Waals surface area contributed by atoms with Crippen molar-refractivity contribution in [2.45, 2.75) is 58.0 Å². The molecule has 2 aliphatic carbocycles. The lowest BCUT2D eigenvalue weighted by Gasteiger charge is -2.29. The number of nitrogens with one attached hydrogen (secondary N) is 1. The maximum atomic E-state index is 4.31. The van der Waals surface area contributed by atoms with Gasteiger partial charge in [-0.15, -0.1) is 11.3 Å². The smallest absolute Gasteiger partial charge is 0.0798 e. The van der Waals surface area contributed by atoms with Crippen LogP contribution in [-0.4, -0.2) is 11.0 Å². The Morgan fingerprint density at radius 1 is 1.29 bits per heavy atom. The minimum absolute atomic E-state index is 0.760. The summed E-state index contributed by atoms with van der Waals surface area (Å²) in [5.41, 5.74) is 3.16.